The number of carbonyl (C=O) groups excluding carboxylic acids is 3. The van der Waals surface area contributed by atoms with Gasteiger partial charge in [-0.1, -0.05) is 6.92 Å². The van der Waals surface area contributed by atoms with E-state index in [2.05, 4.69) is 4.74 Å². The first-order valence-corrected chi connectivity index (χ1v) is 7.92. The maximum Gasteiger partial charge on any atom is 0.413 e. The fourth-order valence-electron chi connectivity index (χ4n) is 1.77. The molecular weight excluding hydrogens is 330 g/mol. The van der Waals surface area contributed by atoms with E-state index in [-0.39, 0.29) is 5.56 Å². The molecule has 1 aromatic rings. The Morgan fingerprint density at radius 3 is 2.44 bits per heavy atom. The van der Waals surface area contributed by atoms with Crippen molar-refractivity contribution in [1.82, 2.24) is 5.32 Å². The van der Waals surface area contributed by atoms with Crippen molar-refractivity contribution < 1.29 is 33.3 Å². The smallest absolute Gasteiger partial charge is 0.413 e. The van der Waals surface area contributed by atoms with Crippen LogP contribution in [-0.4, -0.2) is 44.4 Å². The van der Waals surface area contributed by atoms with Gasteiger partial charge in [-0.05, 0) is 38.5 Å². The van der Waals surface area contributed by atoms with Crippen molar-refractivity contribution in [3.63, 3.8) is 0 Å². The third-order valence-electron chi connectivity index (χ3n) is 3.00. The minimum absolute atomic E-state index is 0.199. The average Bonchev–Trinajstić information content (AvgIpc) is 2.60. The van der Waals surface area contributed by atoms with Gasteiger partial charge in [0.2, 0.25) is 0 Å². The van der Waals surface area contributed by atoms with Gasteiger partial charge in [0.1, 0.15) is 0 Å². The lowest BCUT2D eigenvalue weighted by Crippen LogP contribution is -2.39. The molecule has 1 aromatic carbocycles. The second-order valence-electron chi connectivity index (χ2n) is 4.97. The second-order valence-corrected chi connectivity index (χ2v) is 4.97. The molecule has 0 saturated heterocycles. The molecule has 1 atom stereocenters. The Morgan fingerprint density at radius 1 is 1.12 bits per heavy atom. The van der Waals surface area contributed by atoms with Crippen molar-refractivity contribution in [2.45, 2.75) is 33.3 Å². The number of ether oxygens (including phenoxy) is 4. The number of rotatable bonds is 8. The summed E-state index contributed by atoms with van der Waals surface area (Å²) in [6, 6.07) is 4.61. The van der Waals surface area contributed by atoms with E-state index in [1.807, 2.05) is 19.2 Å². The van der Waals surface area contributed by atoms with Gasteiger partial charge < -0.3 is 18.9 Å². The van der Waals surface area contributed by atoms with Crippen LogP contribution < -0.4 is 14.8 Å². The minimum atomic E-state index is -1.17. The van der Waals surface area contributed by atoms with Gasteiger partial charge in [-0.25, -0.2) is 9.59 Å². The zero-order chi connectivity index (χ0) is 18.8. The van der Waals surface area contributed by atoms with Crippen LogP contribution in [0, 0.1) is 0 Å². The Bertz CT molecular complexity index is 615. The first kappa shape index (κ1) is 20.3. The molecule has 1 N–H and O–H groups in total. The molecule has 0 bridgehead atoms. The van der Waals surface area contributed by atoms with Crippen molar-refractivity contribution in [1.29, 1.82) is 0 Å². The van der Waals surface area contributed by atoms with Crippen molar-refractivity contribution >= 4 is 18.0 Å². The van der Waals surface area contributed by atoms with Crippen LogP contribution in [0.1, 0.15) is 37.6 Å². The SMILES string of the molecule is CCCOc1ccc(C(=O)O[C@H](C)C(=O)NC(=O)OC)cc1OCC. The molecule has 0 saturated carbocycles. The van der Waals surface area contributed by atoms with E-state index in [9.17, 15) is 14.4 Å². The molecule has 1 rings (SSSR count). The van der Waals surface area contributed by atoms with Gasteiger partial charge >= 0.3 is 12.1 Å². The van der Waals surface area contributed by atoms with Crippen molar-refractivity contribution in [3.05, 3.63) is 23.8 Å². The van der Waals surface area contributed by atoms with Gasteiger partial charge in [0, 0.05) is 0 Å². The predicted octanol–water partition coefficient (Wildman–Crippen LogP) is 2.30. The highest BCUT2D eigenvalue weighted by Gasteiger charge is 2.22. The maximum atomic E-state index is 12.2. The summed E-state index contributed by atoms with van der Waals surface area (Å²) < 4.78 is 20.4. The molecule has 8 nitrogen and oxygen atoms in total. The van der Waals surface area contributed by atoms with Gasteiger partial charge in [-0.2, -0.15) is 0 Å². The van der Waals surface area contributed by atoms with Crippen LogP contribution in [0.5, 0.6) is 11.5 Å². The first-order valence-electron chi connectivity index (χ1n) is 7.92. The summed E-state index contributed by atoms with van der Waals surface area (Å²) in [5.74, 6) is -0.572. The van der Waals surface area contributed by atoms with E-state index in [0.29, 0.717) is 24.7 Å². The van der Waals surface area contributed by atoms with Crippen molar-refractivity contribution in [2.24, 2.45) is 0 Å². The number of hydrogen-bond donors (Lipinski definition) is 1. The largest absolute Gasteiger partial charge is 0.490 e. The lowest BCUT2D eigenvalue weighted by molar-refractivity contribution is -0.128. The van der Waals surface area contributed by atoms with Crippen molar-refractivity contribution in [2.75, 3.05) is 20.3 Å². The molecule has 0 aliphatic heterocycles. The van der Waals surface area contributed by atoms with E-state index in [1.54, 1.807) is 6.07 Å². The monoisotopic (exact) mass is 353 g/mol. The van der Waals surface area contributed by atoms with E-state index in [1.165, 1.54) is 19.1 Å². The molecule has 0 heterocycles. The molecule has 0 spiro atoms. The summed E-state index contributed by atoms with van der Waals surface area (Å²) in [7, 11) is 1.12. The van der Waals surface area contributed by atoms with Crippen LogP contribution in [-0.2, 0) is 14.3 Å². The van der Waals surface area contributed by atoms with Crippen LogP contribution in [0.25, 0.3) is 0 Å². The molecule has 0 fully saturated rings. The summed E-state index contributed by atoms with van der Waals surface area (Å²) >= 11 is 0. The fraction of sp³-hybridized carbons (Fsp3) is 0.471. The Labute approximate surface area is 146 Å². The zero-order valence-electron chi connectivity index (χ0n) is 14.8. The number of carbonyl (C=O) groups is 3. The van der Waals surface area contributed by atoms with Gasteiger partial charge in [-0.3, -0.25) is 10.1 Å². The highest BCUT2D eigenvalue weighted by atomic mass is 16.6. The molecule has 0 aromatic heterocycles. The summed E-state index contributed by atoms with van der Waals surface area (Å²) in [6.45, 7) is 6.06. The maximum absolute atomic E-state index is 12.2. The Balaban J connectivity index is 2.81. The van der Waals surface area contributed by atoms with Gasteiger partial charge in [0.25, 0.3) is 5.91 Å². The Kier molecular flexibility index (Phi) is 8.25. The number of benzene rings is 1. The van der Waals surface area contributed by atoms with Gasteiger partial charge in [-0.15, -0.1) is 0 Å². The number of esters is 1. The number of nitrogens with one attached hydrogen (secondary N) is 1. The average molecular weight is 353 g/mol. The molecule has 2 amide bonds. The normalized spacial score (nSPS) is 11.2. The van der Waals surface area contributed by atoms with E-state index < -0.39 is 24.1 Å². The number of amides is 2. The Morgan fingerprint density at radius 2 is 1.84 bits per heavy atom. The number of hydrogen-bond acceptors (Lipinski definition) is 7. The summed E-state index contributed by atoms with van der Waals surface area (Å²) in [6.07, 6.45) is -1.26. The highest BCUT2D eigenvalue weighted by Crippen LogP contribution is 2.29. The third-order valence-corrected chi connectivity index (χ3v) is 3.00. The summed E-state index contributed by atoms with van der Waals surface area (Å²) in [5, 5.41) is 1.93. The molecule has 8 heteroatoms. The summed E-state index contributed by atoms with van der Waals surface area (Å²) in [4.78, 5) is 34.9. The molecule has 0 radical (unpaired) electrons. The minimum Gasteiger partial charge on any atom is -0.490 e. The second kappa shape index (κ2) is 10.2. The van der Waals surface area contributed by atoms with E-state index in [0.717, 1.165) is 13.5 Å². The zero-order valence-corrected chi connectivity index (χ0v) is 14.8. The fourth-order valence-corrected chi connectivity index (χ4v) is 1.77. The van der Waals surface area contributed by atoms with E-state index >= 15 is 0 Å². The highest BCUT2D eigenvalue weighted by molar-refractivity contribution is 5.97. The van der Waals surface area contributed by atoms with Gasteiger partial charge in [0.05, 0.1) is 25.9 Å². The first-order chi connectivity index (χ1) is 11.9. The molecule has 0 unspecified atom stereocenters. The molecular formula is C17H23NO7. The lowest BCUT2D eigenvalue weighted by atomic mass is 10.2. The number of alkyl carbamates (subject to hydrolysis) is 1. The standard InChI is InChI=1S/C17H23NO7/c1-5-9-24-13-8-7-12(10-14(13)23-6-2)16(20)25-11(3)15(19)18-17(21)22-4/h7-8,10-11H,5-6,9H2,1-4H3,(H,18,19,21)/t11-/m1/s1. The van der Waals surface area contributed by atoms with Crippen molar-refractivity contribution in [3.8, 4) is 11.5 Å². The topological polar surface area (TPSA) is 100 Å². The van der Waals surface area contributed by atoms with E-state index in [4.69, 9.17) is 14.2 Å². The predicted molar refractivity (Wildman–Crippen MR) is 88.8 cm³/mol. The van der Waals surface area contributed by atoms with Crippen LogP contribution in [0.4, 0.5) is 4.79 Å². The number of methoxy groups -OCH3 is 1. The van der Waals surface area contributed by atoms with Crippen LogP contribution in [0.3, 0.4) is 0 Å². The Hall–Kier alpha value is -2.77. The lowest BCUT2D eigenvalue weighted by Gasteiger charge is -2.15. The van der Waals surface area contributed by atoms with Crippen LogP contribution in [0.2, 0.25) is 0 Å². The third kappa shape index (κ3) is 6.33. The van der Waals surface area contributed by atoms with Gasteiger partial charge in [0.15, 0.2) is 17.6 Å². The molecule has 25 heavy (non-hydrogen) atoms. The quantitative estimate of drug-likeness (QED) is 0.716. The van der Waals surface area contributed by atoms with Crippen LogP contribution >= 0.6 is 0 Å². The molecule has 0 aliphatic rings. The molecule has 0 aliphatic carbocycles. The number of imide groups is 1. The van der Waals surface area contributed by atoms with Crippen LogP contribution in [0.15, 0.2) is 18.2 Å². The molecule has 138 valence electrons. The summed E-state index contributed by atoms with van der Waals surface area (Å²) in [5.41, 5.74) is 0.199.